The highest BCUT2D eigenvalue weighted by atomic mass is 32.2. The Morgan fingerprint density at radius 2 is 2.38 bits per heavy atom. The second-order valence-corrected chi connectivity index (χ2v) is 5.24. The minimum atomic E-state index is -0.0531. The van der Waals surface area contributed by atoms with Crippen LogP contribution in [-0.2, 0) is 0 Å². The molecule has 0 fully saturated rings. The highest BCUT2D eigenvalue weighted by molar-refractivity contribution is 7.99. The van der Waals surface area contributed by atoms with Crippen LogP contribution in [0.15, 0.2) is 23.0 Å². The third-order valence-corrected chi connectivity index (χ3v) is 3.47. The molecule has 0 radical (unpaired) electrons. The fourth-order valence-electron chi connectivity index (χ4n) is 1.19. The number of amides is 1. The Bertz CT molecular complexity index is 296. The van der Waals surface area contributed by atoms with Crippen LogP contribution >= 0.6 is 11.8 Å². The zero-order valence-electron chi connectivity index (χ0n) is 9.86. The fourth-order valence-corrected chi connectivity index (χ4v) is 2.18. The van der Waals surface area contributed by atoms with Gasteiger partial charge in [0.15, 0.2) is 0 Å². The van der Waals surface area contributed by atoms with E-state index in [-0.39, 0.29) is 5.91 Å². The molecule has 0 aliphatic rings. The van der Waals surface area contributed by atoms with Gasteiger partial charge in [-0.25, -0.2) is 0 Å². The number of nitrogens with one attached hydrogen (secondary N) is 1. The maximum absolute atomic E-state index is 11.5. The highest BCUT2D eigenvalue weighted by Crippen LogP contribution is 2.08. The Balaban J connectivity index is 2.01. The van der Waals surface area contributed by atoms with Crippen molar-refractivity contribution in [1.82, 2.24) is 5.32 Å². The lowest BCUT2D eigenvalue weighted by molar-refractivity contribution is 0.0953. The van der Waals surface area contributed by atoms with Gasteiger partial charge in [-0.05, 0) is 29.9 Å². The molecule has 0 aliphatic heterocycles. The van der Waals surface area contributed by atoms with Crippen molar-refractivity contribution in [2.75, 3.05) is 18.1 Å². The summed E-state index contributed by atoms with van der Waals surface area (Å²) in [7, 11) is 0. The molecule has 1 amide bonds. The first-order chi connectivity index (χ1) is 7.70. The molecule has 1 N–H and O–H groups in total. The summed E-state index contributed by atoms with van der Waals surface area (Å²) in [5, 5.41) is 2.86. The molecule has 1 aromatic rings. The van der Waals surface area contributed by atoms with Crippen molar-refractivity contribution >= 4 is 17.7 Å². The molecule has 3 nitrogen and oxygen atoms in total. The van der Waals surface area contributed by atoms with Crippen molar-refractivity contribution in [2.24, 2.45) is 5.92 Å². The predicted molar refractivity (Wildman–Crippen MR) is 67.8 cm³/mol. The molecule has 0 aliphatic carbocycles. The van der Waals surface area contributed by atoms with E-state index in [0.717, 1.165) is 24.6 Å². The van der Waals surface area contributed by atoms with Gasteiger partial charge in [0.1, 0.15) is 6.26 Å². The highest BCUT2D eigenvalue weighted by Gasteiger charge is 2.04. The zero-order chi connectivity index (χ0) is 11.8. The van der Waals surface area contributed by atoms with E-state index in [1.165, 1.54) is 18.3 Å². The summed E-state index contributed by atoms with van der Waals surface area (Å²) in [5.74, 6) is 2.98. The second-order valence-electron chi connectivity index (χ2n) is 4.09. The van der Waals surface area contributed by atoms with Crippen LogP contribution in [0.4, 0.5) is 0 Å². The monoisotopic (exact) mass is 241 g/mol. The van der Waals surface area contributed by atoms with Crippen molar-refractivity contribution in [3.63, 3.8) is 0 Å². The minimum Gasteiger partial charge on any atom is -0.472 e. The molecular weight excluding hydrogens is 222 g/mol. The largest absolute Gasteiger partial charge is 0.472 e. The summed E-state index contributed by atoms with van der Waals surface area (Å²) in [6, 6.07) is 1.67. The number of carbonyl (C=O) groups is 1. The van der Waals surface area contributed by atoms with Gasteiger partial charge in [0, 0.05) is 6.54 Å². The van der Waals surface area contributed by atoms with Crippen LogP contribution in [-0.4, -0.2) is 24.0 Å². The Labute approximate surface area is 101 Å². The number of furan rings is 1. The summed E-state index contributed by atoms with van der Waals surface area (Å²) < 4.78 is 4.84. The number of hydrogen-bond acceptors (Lipinski definition) is 3. The Morgan fingerprint density at radius 3 is 3.00 bits per heavy atom. The molecule has 4 heteroatoms. The molecule has 90 valence electrons. The fraction of sp³-hybridized carbons (Fsp3) is 0.583. The first kappa shape index (κ1) is 13.2. The van der Waals surface area contributed by atoms with Crippen molar-refractivity contribution < 1.29 is 9.21 Å². The average molecular weight is 241 g/mol. The first-order valence-electron chi connectivity index (χ1n) is 5.58. The van der Waals surface area contributed by atoms with Gasteiger partial charge in [-0.15, -0.1) is 0 Å². The van der Waals surface area contributed by atoms with Crippen LogP contribution in [0, 0.1) is 5.92 Å². The van der Waals surface area contributed by atoms with Crippen LogP contribution < -0.4 is 5.32 Å². The van der Waals surface area contributed by atoms with E-state index in [1.807, 2.05) is 11.8 Å². The topological polar surface area (TPSA) is 42.2 Å². The summed E-state index contributed by atoms with van der Waals surface area (Å²) in [6.45, 7) is 5.16. The summed E-state index contributed by atoms with van der Waals surface area (Å²) in [4.78, 5) is 11.5. The number of rotatable bonds is 7. The van der Waals surface area contributed by atoms with Gasteiger partial charge in [0.25, 0.3) is 5.91 Å². The van der Waals surface area contributed by atoms with E-state index in [1.54, 1.807) is 6.07 Å². The Kier molecular flexibility index (Phi) is 6.08. The van der Waals surface area contributed by atoms with E-state index in [2.05, 4.69) is 19.2 Å². The van der Waals surface area contributed by atoms with Gasteiger partial charge in [0.05, 0.1) is 11.8 Å². The lowest BCUT2D eigenvalue weighted by Crippen LogP contribution is -2.24. The quantitative estimate of drug-likeness (QED) is 0.746. The van der Waals surface area contributed by atoms with E-state index in [4.69, 9.17) is 4.42 Å². The molecule has 0 atom stereocenters. The van der Waals surface area contributed by atoms with Gasteiger partial charge in [-0.1, -0.05) is 13.8 Å². The van der Waals surface area contributed by atoms with E-state index < -0.39 is 0 Å². The molecule has 0 bridgehead atoms. The molecule has 0 unspecified atom stereocenters. The zero-order valence-corrected chi connectivity index (χ0v) is 10.7. The molecule has 1 aromatic heterocycles. The van der Waals surface area contributed by atoms with Crippen molar-refractivity contribution in [1.29, 1.82) is 0 Å². The molecule has 0 saturated heterocycles. The van der Waals surface area contributed by atoms with Gasteiger partial charge in [-0.3, -0.25) is 4.79 Å². The van der Waals surface area contributed by atoms with Gasteiger partial charge >= 0.3 is 0 Å². The van der Waals surface area contributed by atoms with E-state index in [9.17, 15) is 4.79 Å². The van der Waals surface area contributed by atoms with Crippen LogP contribution in [0.5, 0.6) is 0 Å². The summed E-state index contributed by atoms with van der Waals surface area (Å²) in [5.41, 5.74) is 0.592. The molecule has 1 heterocycles. The van der Waals surface area contributed by atoms with Gasteiger partial charge < -0.3 is 9.73 Å². The lowest BCUT2D eigenvalue weighted by atomic mass is 10.3. The van der Waals surface area contributed by atoms with E-state index in [0.29, 0.717) is 5.56 Å². The summed E-state index contributed by atoms with van der Waals surface area (Å²) in [6.07, 6.45) is 3.98. The van der Waals surface area contributed by atoms with Gasteiger partial charge in [-0.2, -0.15) is 11.8 Å². The van der Waals surface area contributed by atoms with Crippen LogP contribution in [0.2, 0.25) is 0 Å². The molecule has 0 saturated carbocycles. The molecule has 1 rings (SSSR count). The first-order valence-corrected chi connectivity index (χ1v) is 6.73. The van der Waals surface area contributed by atoms with Crippen LogP contribution in [0.3, 0.4) is 0 Å². The Hall–Kier alpha value is -0.900. The standard InChI is InChI=1S/C12H19NO2S/c1-10(2)9-16-7-3-5-13-12(14)11-4-6-15-8-11/h4,6,8,10H,3,5,7,9H2,1-2H3,(H,13,14). The molecule has 0 aromatic carbocycles. The van der Waals surface area contributed by atoms with Crippen LogP contribution in [0.1, 0.15) is 30.6 Å². The lowest BCUT2D eigenvalue weighted by Gasteiger charge is -2.05. The third kappa shape index (κ3) is 5.26. The molecule has 0 spiro atoms. The second kappa shape index (κ2) is 7.39. The average Bonchev–Trinajstić information content (AvgIpc) is 2.75. The van der Waals surface area contributed by atoms with Crippen LogP contribution in [0.25, 0.3) is 0 Å². The maximum Gasteiger partial charge on any atom is 0.254 e. The Morgan fingerprint density at radius 1 is 1.56 bits per heavy atom. The van der Waals surface area contributed by atoms with Crippen molar-refractivity contribution in [3.8, 4) is 0 Å². The summed E-state index contributed by atoms with van der Waals surface area (Å²) >= 11 is 1.94. The van der Waals surface area contributed by atoms with Crippen molar-refractivity contribution in [3.05, 3.63) is 24.2 Å². The predicted octanol–water partition coefficient (Wildman–Crippen LogP) is 2.79. The van der Waals surface area contributed by atoms with Crippen molar-refractivity contribution in [2.45, 2.75) is 20.3 Å². The third-order valence-electron chi connectivity index (χ3n) is 1.99. The normalized spacial score (nSPS) is 10.7. The number of carbonyl (C=O) groups excluding carboxylic acids is 1. The maximum atomic E-state index is 11.5. The molecule has 16 heavy (non-hydrogen) atoms. The smallest absolute Gasteiger partial charge is 0.254 e. The van der Waals surface area contributed by atoms with Gasteiger partial charge in [0.2, 0.25) is 0 Å². The van der Waals surface area contributed by atoms with E-state index >= 15 is 0 Å². The number of thioether (sulfide) groups is 1. The SMILES string of the molecule is CC(C)CSCCCNC(=O)c1ccoc1. The number of hydrogen-bond donors (Lipinski definition) is 1. The molecular formula is C12H19NO2S. The minimum absolute atomic E-state index is 0.0531.